The van der Waals surface area contributed by atoms with Crippen LogP contribution in [0, 0.1) is 5.92 Å². The highest BCUT2D eigenvalue weighted by Gasteiger charge is 2.31. The van der Waals surface area contributed by atoms with E-state index in [9.17, 15) is 0 Å². The van der Waals surface area contributed by atoms with Gasteiger partial charge in [0.15, 0.2) is 0 Å². The number of benzene rings is 1. The quantitative estimate of drug-likeness (QED) is 0.783. The lowest BCUT2D eigenvalue weighted by molar-refractivity contribution is 0.0533. The van der Waals surface area contributed by atoms with Gasteiger partial charge in [0.1, 0.15) is 5.82 Å². The first-order valence-corrected chi connectivity index (χ1v) is 11.5. The van der Waals surface area contributed by atoms with Crippen molar-refractivity contribution in [2.75, 3.05) is 32.8 Å². The van der Waals surface area contributed by atoms with Crippen LogP contribution in [0.2, 0.25) is 0 Å². The average Bonchev–Trinajstić information content (AvgIpc) is 3.50. The van der Waals surface area contributed by atoms with Crippen LogP contribution in [0.4, 0.5) is 0 Å². The third-order valence-corrected chi connectivity index (χ3v) is 7.13. The van der Waals surface area contributed by atoms with Gasteiger partial charge in [0.25, 0.3) is 0 Å². The molecule has 2 fully saturated rings. The van der Waals surface area contributed by atoms with Crippen LogP contribution in [0.5, 0.6) is 0 Å². The molecular weight excluding hydrogens is 360 g/mol. The molecule has 0 bridgehead atoms. The number of imidazole rings is 1. The van der Waals surface area contributed by atoms with Crippen molar-refractivity contribution >= 4 is 0 Å². The molecule has 5 heteroatoms. The van der Waals surface area contributed by atoms with Gasteiger partial charge in [0.2, 0.25) is 0 Å². The number of hydrogen-bond donors (Lipinski definition) is 1. The molecular formula is C24H34N4O. The molecule has 1 unspecified atom stereocenters. The molecule has 29 heavy (non-hydrogen) atoms. The van der Waals surface area contributed by atoms with Gasteiger partial charge in [-0.3, -0.25) is 9.80 Å². The minimum Gasteiger partial charge on any atom is -0.377 e. The highest BCUT2D eigenvalue weighted by atomic mass is 16.5. The van der Waals surface area contributed by atoms with Crippen LogP contribution in [-0.4, -0.2) is 64.7 Å². The molecule has 2 aliphatic heterocycles. The first-order valence-electron chi connectivity index (χ1n) is 11.5. The van der Waals surface area contributed by atoms with Gasteiger partial charge in [0.05, 0.1) is 12.6 Å². The van der Waals surface area contributed by atoms with E-state index in [2.05, 4.69) is 44.0 Å². The van der Waals surface area contributed by atoms with Crippen molar-refractivity contribution in [2.45, 2.75) is 57.2 Å². The van der Waals surface area contributed by atoms with Gasteiger partial charge in [-0.05, 0) is 68.7 Å². The van der Waals surface area contributed by atoms with E-state index in [0.717, 1.165) is 37.5 Å². The molecule has 1 atom stereocenters. The predicted octanol–water partition coefficient (Wildman–Crippen LogP) is 3.27. The second-order valence-corrected chi connectivity index (χ2v) is 9.18. The molecule has 5 rings (SSSR count). The van der Waals surface area contributed by atoms with Crippen molar-refractivity contribution in [1.29, 1.82) is 0 Å². The van der Waals surface area contributed by atoms with Crippen LogP contribution in [0.15, 0.2) is 36.7 Å². The fraction of sp³-hybridized carbons (Fsp3) is 0.625. The molecule has 1 aromatic carbocycles. The fourth-order valence-electron chi connectivity index (χ4n) is 5.54. The maximum Gasteiger partial charge on any atom is 0.120 e. The van der Waals surface area contributed by atoms with Crippen molar-refractivity contribution in [1.82, 2.24) is 19.8 Å². The Hall–Kier alpha value is -1.69. The summed E-state index contributed by atoms with van der Waals surface area (Å²) in [5.41, 5.74) is 3.14. The monoisotopic (exact) mass is 394 g/mol. The molecule has 2 saturated heterocycles. The molecule has 1 aromatic heterocycles. The van der Waals surface area contributed by atoms with Gasteiger partial charge in [-0.2, -0.15) is 0 Å². The molecule has 5 nitrogen and oxygen atoms in total. The summed E-state index contributed by atoms with van der Waals surface area (Å²) >= 11 is 0. The first kappa shape index (κ1) is 19.3. The maximum absolute atomic E-state index is 5.93. The van der Waals surface area contributed by atoms with Gasteiger partial charge in [-0.25, -0.2) is 4.98 Å². The SMILES string of the molecule is c1ccc2c(c1)CC(N1CCC(CN(Cc3ncc[nH]3)CC3CCCO3)CC1)C2. The average molecular weight is 395 g/mol. The zero-order chi connectivity index (χ0) is 19.5. The zero-order valence-electron chi connectivity index (χ0n) is 17.4. The number of fused-ring (bicyclic) bond motifs is 1. The van der Waals surface area contributed by atoms with E-state index >= 15 is 0 Å². The number of likely N-dealkylation sites (tertiary alicyclic amines) is 1. The Morgan fingerprint density at radius 1 is 1.07 bits per heavy atom. The lowest BCUT2D eigenvalue weighted by Crippen LogP contribution is -2.44. The number of rotatable bonds is 7. The molecule has 0 amide bonds. The summed E-state index contributed by atoms with van der Waals surface area (Å²) < 4.78 is 5.93. The minimum absolute atomic E-state index is 0.405. The number of hydrogen-bond acceptors (Lipinski definition) is 4. The minimum atomic E-state index is 0.405. The Morgan fingerprint density at radius 2 is 1.86 bits per heavy atom. The summed E-state index contributed by atoms with van der Waals surface area (Å²) in [5, 5.41) is 0. The molecule has 1 aliphatic carbocycles. The predicted molar refractivity (Wildman–Crippen MR) is 115 cm³/mol. The van der Waals surface area contributed by atoms with Crippen LogP contribution in [0.25, 0.3) is 0 Å². The molecule has 3 aliphatic rings. The number of nitrogens with zero attached hydrogens (tertiary/aromatic N) is 3. The summed E-state index contributed by atoms with van der Waals surface area (Å²) in [4.78, 5) is 13.1. The lowest BCUT2D eigenvalue weighted by atomic mass is 9.94. The maximum atomic E-state index is 5.93. The molecule has 1 N–H and O–H groups in total. The summed E-state index contributed by atoms with van der Waals surface area (Å²) in [7, 11) is 0. The summed E-state index contributed by atoms with van der Waals surface area (Å²) in [6, 6.07) is 9.74. The van der Waals surface area contributed by atoms with Gasteiger partial charge in [-0.1, -0.05) is 24.3 Å². The van der Waals surface area contributed by atoms with E-state index in [1.807, 2.05) is 12.4 Å². The van der Waals surface area contributed by atoms with Crippen LogP contribution >= 0.6 is 0 Å². The van der Waals surface area contributed by atoms with Gasteiger partial charge in [-0.15, -0.1) is 0 Å². The fourth-order valence-corrected chi connectivity index (χ4v) is 5.54. The second kappa shape index (κ2) is 8.99. The van der Waals surface area contributed by atoms with Crippen molar-refractivity contribution in [3.05, 3.63) is 53.6 Å². The van der Waals surface area contributed by atoms with E-state index in [0.29, 0.717) is 6.10 Å². The van der Waals surface area contributed by atoms with E-state index in [4.69, 9.17) is 4.74 Å². The van der Waals surface area contributed by atoms with E-state index in [1.165, 1.54) is 58.2 Å². The van der Waals surface area contributed by atoms with E-state index in [1.54, 1.807) is 11.1 Å². The normalized spacial score (nSPS) is 23.8. The van der Waals surface area contributed by atoms with Crippen LogP contribution < -0.4 is 0 Å². The molecule has 0 radical (unpaired) electrons. The third kappa shape index (κ3) is 4.73. The standard InChI is InChI=1S/C24H34N4O/c1-2-5-21-15-22(14-20(21)4-1)28-11-7-19(8-12-28)16-27(17-23-6-3-13-29-23)18-24-25-9-10-26-24/h1-2,4-5,9-10,19,22-23H,3,6-8,11-18H2,(H,25,26). The summed E-state index contributed by atoms with van der Waals surface area (Å²) in [6.45, 7) is 6.54. The lowest BCUT2D eigenvalue weighted by Gasteiger charge is -2.38. The molecule has 2 aromatic rings. The van der Waals surface area contributed by atoms with Crippen molar-refractivity contribution < 1.29 is 4.74 Å². The molecule has 0 saturated carbocycles. The first-order chi connectivity index (χ1) is 14.3. The highest BCUT2D eigenvalue weighted by Crippen LogP contribution is 2.29. The zero-order valence-corrected chi connectivity index (χ0v) is 17.4. The van der Waals surface area contributed by atoms with E-state index < -0.39 is 0 Å². The smallest absolute Gasteiger partial charge is 0.120 e. The Kier molecular flexibility index (Phi) is 5.97. The number of aromatic nitrogens is 2. The van der Waals surface area contributed by atoms with Crippen LogP contribution in [0.1, 0.15) is 42.6 Å². The van der Waals surface area contributed by atoms with E-state index in [-0.39, 0.29) is 0 Å². The van der Waals surface area contributed by atoms with Crippen molar-refractivity contribution in [3.8, 4) is 0 Å². The largest absolute Gasteiger partial charge is 0.377 e. The van der Waals surface area contributed by atoms with Gasteiger partial charge < -0.3 is 9.72 Å². The second-order valence-electron chi connectivity index (χ2n) is 9.18. The molecule has 156 valence electrons. The number of ether oxygens (including phenoxy) is 1. The highest BCUT2D eigenvalue weighted by molar-refractivity contribution is 5.33. The Bertz CT molecular complexity index is 738. The van der Waals surface area contributed by atoms with Gasteiger partial charge >= 0.3 is 0 Å². The Labute approximate surface area is 174 Å². The number of aromatic amines is 1. The molecule has 0 spiro atoms. The van der Waals surface area contributed by atoms with Gasteiger partial charge in [0, 0.05) is 38.1 Å². The Balaban J connectivity index is 1.14. The summed E-state index contributed by atoms with van der Waals surface area (Å²) in [5.74, 6) is 1.86. The third-order valence-electron chi connectivity index (χ3n) is 7.13. The molecule has 3 heterocycles. The topological polar surface area (TPSA) is 44.4 Å². The number of H-pyrrole nitrogens is 1. The Morgan fingerprint density at radius 3 is 2.52 bits per heavy atom. The number of nitrogens with one attached hydrogen (secondary N) is 1. The van der Waals surface area contributed by atoms with Crippen LogP contribution in [-0.2, 0) is 24.1 Å². The van der Waals surface area contributed by atoms with Crippen molar-refractivity contribution in [3.63, 3.8) is 0 Å². The van der Waals surface area contributed by atoms with Crippen molar-refractivity contribution in [2.24, 2.45) is 5.92 Å². The summed E-state index contributed by atoms with van der Waals surface area (Å²) in [6.07, 6.45) is 11.7. The number of piperidine rings is 1. The van der Waals surface area contributed by atoms with Crippen LogP contribution in [0.3, 0.4) is 0 Å².